The van der Waals surface area contributed by atoms with Gasteiger partial charge in [0.2, 0.25) is 0 Å². The predicted octanol–water partition coefficient (Wildman–Crippen LogP) is 1.15. The summed E-state index contributed by atoms with van der Waals surface area (Å²) in [6.45, 7) is 9.89. The van der Waals surface area contributed by atoms with Crippen molar-refractivity contribution >= 4 is 0 Å². The Kier molecular flexibility index (Phi) is 4.22. The van der Waals surface area contributed by atoms with Gasteiger partial charge in [-0.25, -0.2) is 0 Å². The van der Waals surface area contributed by atoms with E-state index in [4.69, 9.17) is 0 Å². The van der Waals surface area contributed by atoms with Crippen molar-refractivity contribution in [1.29, 1.82) is 0 Å². The number of likely N-dealkylation sites (N-methyl/N-ethyl adjacent to an activating group) is 1. The van der Waals surface area contributed by atoms with Gasteiger partial charge in [0.15, 0.2) is 0 Å². The average Bonchev–Trinajstić information content (AvgIpc) is 2.96. The lowest BCUT2D eigenvalue weighted by atomic mass is 10.1. The van der Waals surface area contributed by atoms with E-state index in [0.717, 1.165) is 6.04 Å². The fourth-order valence-electron chi connectivity index (χ4n) is 3.10. The first-order valence-corrected chi connectivity index (χ1v) is 6.87. The van der Waals surface area contributed by atoms with Crippen LogP contribution < -0.4 is 5.32 Å². The molecule has 2 aliphatic rings. The second-order valence-electron chi connectivity index (χ2n) is 5.50. The van der Waals surface area contributed by atoms with E-state index in [1.54, 1.807) is 0 Å². The maximum absolute atomic E-state index is 3.37. The van der Waals surface area contributed by atoms with Crippen molar-refractivity contribution in [3.63, 3.8) is 0 Å². The first kappa shape index (κ1) is 12.3. The van der Waals surface area contributed by atoms with Gasteiger partial charge in [-0.15, -0.1) is 0 Å². The molecular formula is C13H27N3. The van der Waals surface area contributed by atoms with Gasteiger partial charge in [-0.05, 0) is 53.2 Å². The Morgan fingerprint density at radius 3 is 2.44 bits per heavy atom. The minimum atomic E-state index is 0.595. The molecule has 2 heterocycles. The molecule has 3 heteroatoms. The van der Waals surface area contributed by atoms with Gasteiger partial charge < -0.3 is 5.32 Å². The molecule has 0 aliphatic carbocycles. The van der Waals surface area contributed by atoms with Crippen molar-refractivity contribution in [2.75, 3.05) is 33.2 Å². The number of nitrogens with one attached hydrogen (secondary N) is 1. The van der Waals surface area contributed by atoms with E-state index in [2.05, 4.69) is 36.0 Å². The van der Waals surface area contributed by atoms with Crippen molar-refractivity contribution in [2.45, 2.75) is 51.2 Å². The number of likely N-dealkylation sites (tertiary alicyclic amines) is 2. The van der Waals surface area contributed by atoms with Crippen LogP contribution in [0.4, 0.5) is 0 Å². The molecule has 0 bridgehead atoms. The van der Waals surface area contributed by atoms with Gasteiger partial charge in [0.25, 0.3) is 0 Å². The molecule has 0 amide bonds. The standard InChI is InChI=1S/C13H27N3/c1-11(14-3)12(2)16-9-6-13(10-16)15-7-4-5-8-15/h11-14H,4-10H2,1-3H3. The summed E-state index contributed by atoms with van der Waals surface area (Å²) >= 11 is 0. The zero-order chi connectivity index (χ0) is 11.5. The Bertz CT molecular complexity index is 213. The fraction of sp³-hybridized carbons (Fsp3) is 1.00. The lowest BCUT2D eigenvalue weighted by Crippen LogP contribution is -2.46. The highest BCUT2D eigenvalue weighted by atomic mass is 15.3. The number of rotatable bonds is 4. The van der Waals surface area contributed by atoms with Gasteiger partial charge >= 0.3 is 0 Å². The maximum Gasteiger partial charge on any atom is 0.0235 e. The summed E-state index contributed by atoms with van der Waals surface area (Å²) in [5.41, 5.74) is 0. The van der Waals surface area contributed by atoms with Crippen LogP contribution in [0.1, 0.15) is 33.1 Å². The lowest BCUT2D eigenvalue weighted by Gasteiger charge is -2.30. The summed E-state index contributed by atoms with van der Waals surface area (Å²) in [6, 6.07) is 2.10. The molecule has 2 fully saturated rings. The predicted molar refractivity (Wildman–Crippen MR) is 68.8 cm³/mol. The van der Waals surface area contributed by atoms with Crippen LogP contribution in [-0.2, 0) is 0 Å². The molecule has 1 N–H and O–H groups in total. The molecule has 2 rings (SSSR count). The normalized spacial score (nSPS) is 32.1. The maximum atomic E-state index is 3.37. The molecule has 0 saturated carbocycles. The van der Waals surface area contributed by atoms with E-state index in [0.29, 0.717) is 12.1 Å². The van der Waals surface area contributed by atoms with Crippen molar-refractivity contribution in [1.82, 2.24) is 15.1 Å². The molecule has 3 unspecified atom stereocenters. The van der Waals surface area contributed by atoms with Crippen LogP contribution in [0.5, 0.6) is 0 Å². The zero-order valence-electron chi connectivity index (χ0n) is 11.1. The van der Waals surface area contributed by atoms with Gasteiger partial charge in [0.05, 0.1) is 0 Å². The van der Waals surface area contributed by atoms with E-state index in [1.165, 1.54) is 45.4 Å². The summed E-state index contributed by atoms with van der Waals surface area (Å²) in [5.74, 6) is 0. The first-order valence-electron chi connectivity index (χ1n) is 6.87. The van der Waals surface area contributed by atoms with Crippen molar-refractivity contribution in [3.05, 3.63) is 0 Å². The SMILES string of the molecule is CNC(C)C(C)N1CCC(N2CCCC2)C1. The van der Waals surface area contributed by atoms with E-state index in [-0.39, 0.29) is 0 Å². The number of hydrogen-bond donors (Lipinski definition) is 1. The number of hydrogen-bond acceptors (Lipinski definition) is 3. The summed E-state index contributed by atoms with van der Waals surface area (Å²) in [5, 5.41) is 3.37. The molecule has 0 radical (unpaired) electrons. The lowest BCUT2D eigenvalue weighted by molar-refractivity contribution is 0.186. The Morgan fingerprint density at radius 2 is 1.81 bits per heavy atom. The molecule has 94 valence electrons. The topological polar surface area (TPSA) is 18.5 Å². The van der Waals surface area contributed by atoms with Gasteiger partial charge in [-0.3, -0.25) is 9.80 Å². The summed E-state index contributed by atoms with van der Waals surface area (Å²) in [4.78, 5) is 5.36. The van der Waals surface area contributed by atoms with E-state index < -0.39 is 0 Å². The van der Waals surface area contributed by atoms with Gasteiger partial charge in [0.1, 0.15) is 0 Å². The average molecular weight is 225 g/mol. The molecule has 3 nitrogen and oxygen atoms in total. The largest absolute Gasteiger partial charge is 0.316 e. The molecule has 2 saturated heterocycles. The minimum absolute atomic E-state index is 0.595. The second kappa shape index (κ2) is 5.48. The van der Waals surface area contributed by atoms with Crippen molar-refractivity contribution < 1.29 is 0 Å². The molecule has 3 atom stereocenters. The van der Waals surface area contributed by atoms with Crippen LogP contribution in [0.15, 0.2) is 0 Å². The van der Waals surface area contributed by atoms with Gasteiger partial charge in [-0.1, -0.05) is 0 Å². The molecular weight excluding hydrogens is 198 g/mol. The smallest absolute Gasteiger partial charge is 0.0235 e. The Labute approximate surface area is 100 Å². The monoisotopic (exact) mass is 225 g/mol. The molecule has 0 aromatic rings. The van der Waals surface area contributed by atoms with Crippen LogP contribution in [-0.4, -0.2) is 61.2 Å². The van der Waals surface area contributed by atoms with Gasteiger partial charge in [0, 0.05) is 31.2 Å². The minimum Gasteiger partial charge on any atom is -0.316 e. The van der Waals surface area contributed by atoms with Gasteiger partial charge in [-0.2, -0.15) is 0 Å². The second-order valence-corrected chi connectivity index (χ2v) is 5.50. The Hall–Kier alpha value is -0.120. The van der Waals surface area contributed by atoms with Crippen LogP contribution in [0.25, 0.3) is 0 Å². The van der Waals surface area contributed by atoms with Crippen molar-refractivity contribution in [3.8, 4) is 0 Å². The molecule has 16 heavy (non-hydrogen) atoms. The summed E-state index contributed by atoms with van der Waals surface area (Å²) in [7, 11) is 2.06. The van der Waals surface area contributed by atoms with E-state index >= 15 is 0 Å². The Balaban J connectivity index is 1.82. The highest BCUT2D eigenvalue weighted by Gasteiger charge is 2.32. The van der Waals surface area contributed by atoms with Crippen LogP contribution in [0.3, 0.4) is 0 Å². The quantitative estimate of drug-likeness (QED) is 0.774. The number of nitrogens with zero attached hydrogens (tertiary/aromatic N) is 2. The first-order chi connectivity index (χ1) is 7.72. The third kappa shape index (κ3) is 2.58. The van der Waals surface area contributed by atoms with Crippen LogP contribution in [0.2, 0.25) is 0 Å². The fourth-order valence-corrected chi connectivity index (χ4v) is 3.10. The van der Waals surface area contributed by atoms with E-state index in [9.17, 15) is 0 Å². The van der Waals surface area contributed by atoms with E-state index in [1.807, 2.05) is 0 Å². The Morgan fingerprint density at radius 1 is 1.12 bits per heavy atom. The molecule has 2 aliphatic heterocycles. The zero-order valence-corrected chi connectivity index (χ0v) is 11.1. The third-order valence-corrected chi connectivity index (χ3v) is 4.61. The highest BCUT2D eigenvalue weighted by Crippen LogP contribution is 2.22. The third-order valence-electron chi connectivity index (χ3n) is 4.61. The molecule has 0 spiro atoms. The summed E-state index contributed by atoms with van der Waals surface area (Å²) in [6.07, 6.45) is 4.21. The highest BCUT2D eigenvalue weighted by molar-refractivity contribution is 4.89. The molecule has 0 aromatic carbocycles. The van der Waals surface area contributed by atoms with Crippen molar-refractivity contribution in [2.24, 2.45) is 0 Å². The molecule has 0 aromatic heterocycles. The van der Waals surface area contributed by atoms with Crippen LogP contribution >= 0.6 is 0 Å². The van der Waals surface area contributed by atoms with Crippen LogP contribution in [0, 0.1) is 0 Å². The summed E-state index contributed by atoms with van der Waals surface area (Å²) < 4.78 is 0.